The molecule has 4 bridgehead atoms. The third-order valence-corrected chi connectivity index (χ3v) is 5.51. The lowest BCUT2D eigenvalue weighted by atomic mass is 9.92. The first kappa shape index (κ1) is 18.3. The number of nitrogens with zero attached hydrogens (tertiary/aromatic N) is 2. The summed E-state index contributed by atoms with van der Waals surface area (Å²) in [5, 5.41) is 9.44. The molecule has 6 nitrogen and oxygen atoms in total. The van der Waals surface area contributed by atoms with Crippen LogP contribution in [0.4, 0.5) is 23.0 Å². The molecule has 28 heavy (non-hydrogen) atoms. The van der Waals surface area contributed by atoms with Crippen LogP contribution < -0.4 is 20.9 Å². The number of rotatable bonds is 1. The number of piperidine rings is 1. The fourth-order valence-electron chi connectivity index (χ4n) is 3.87. The average molecular weight is 377 g/mol. The zero-order valence-corrected chi connectivity index (χ0v) is 16.2. The molecule has 6 heteroatoms. The highest BCUT2D eigenvalue weighted by Crippen LogP contribution is 2.31. The van der Waals surface area contributed by atoms with Crippen LogP contribution in [0.3, 0.4) is 0 Å². The highest BCUT2D eigenvalue weighted by Gasteiger charge is 2.23. The van der Waals surface area contributed by atoms with E-state index in [1.54, 1.807) is 0 Å². The zero-order chi connectivity index (χ0) is 19.3. The van der Waals surface area contributed by atoms with E-state index in [9.17, 15) is 4.79 Å². The first-order valence-electron chi connectivity index (χ1n) is 9.97. The number of anilines is 4. The molecule has 2 aromatic rings. The van der Waals surface area contributed by atoms with E-state index in [0.717, 1.165) is 56.1 Å². The van der Waals surface area contributed by atoms with Crippen LogP contribution in [-0.4, -0.2) is 37.6 Å². The van der Waals surface area contributed by atoms with Crippen molar-refractivity contribution in [3.05, 3.63) is 54.1 Å². The molecule has 146 valence electrons. The Morgan fingerprint density at radius 3 is 2.75 bits per heavy atom. The summed E-state index contributed by atoms with van der Waals surface area (Å²) < 4.78 is 0. The van der Waals surface area contributed by atoms with Crippen molar-refractivity contribution in [3.8, 4) is 0 Å². The van der Waals surface area contributed by atoms with Gasteiger partial charge in [0.15, 0.2) is 0 Å². The molecule has 0 aliphatic carbocycles. The second-order valence-electron chi connectivity index (χ2n) is 7.36. The van der Waals surface area contributed by atoms with E-state index in [0.29, 0.717) is 17.3 Å². The van der Waals surface area contributed by atoms with Crippen LogP contribution in [0.2, 0.25) is 0 Å². The average Bonchev–Trinajstić information content (AvgIpc) is 2.73. The summed E-state index contributed by atoms with van der Waals surface area (Å²) in [5.41, 5.74) is 2.68. The molecule has 1 fully saturated rings. The van der Waals surface area contributed by atoms with Crippen molar-refractivity contribution in [2.45, 2.75) is 19.3 Å². The van der Waals surface area contributed by atoms with Crippen LogP contribution in [0.1, 0.15) is 29.6 Å². The molecule has 0 unspecified atom stereocenters. The molecule has 1 aromatic heterocycles. The SMILES string of the molecule is CNc1ccc2c(c1)N1CCC(C/C=C/CNc3cccc(n3)NC2=O)CC1. The number of amides is 1. The second kappa shape index (κ2) is 8.33. The van der Waals surface area contributed by atoms with E-state index >= 15 is 0 Å². The van der Waals surface area contributed by atoms with Gasteiger partial charge in [-0.1, -0.05) is 18.2 Å². The normalized spacial score (nSPS) is 18.8. The molecule has 0 spiro atoms. The van der Waals surface area contributed by atoms with E-state index in [2.05, 4.69) is 44.1 Å². The van der Waals surface area contributed by atoms with Crippen molar-refractivity contribution >= 4 is 28.9 Å². The third-order valence-electron chi connectivity index (χ3n) is 5.51. The summed E-state index contributed by atoms with van der Waals surface area (Å²) in [7, 11) is 1.90. The Morgan fingerprint density at radius 2 is 1.93 bits per heavy atom. The Labute approximate surface area is 166 Å². The van der Waals surface area contributed by atoms with Crippen molar-refractivity contribution in [3.63, 3.8) is 0 Å². The molecule has 5 rings (SSSR count). The Hall–Kier alpha value is -3.02. The minimum absolute atomic E-state index is 0.128. The third kappa shape index (κ3) is 4.11. The van der Waals surface area contributed by atoms with Crippen molar-refractivity contribution in [2.24, 2.45) is 5.92 Å². The first-order chi connectivity index (χ1) is 13.7. The molecule has 3 aliphatic heterocycles. The molecule has 0 atom stereocenters. The quantitative estimate of drug-likeness (QED) is 0.656. The highest BCUT2D eigenvalue weighted by atomic mass is 16.1. The molecule has 3 aliphatic rings. The maximum Gasteiger partial charge on any atom is 0.258 e. The lowest BCUT2D eigenvalue weighted by molar-refractivity contribution is 0.102. The topological polar surface area (TPSA) is 69.3 Å². The van der Waals surface area contributed by atoms with Gasteiger partial charge in [0.25, 0.3) is 5.91 Å². The predicted molar refractivity (Wildman–Crippen MR) is 115 cm³/mol. The van der Waals surface area contributed by atoms with Crippen molar-refractivity contribution in [1.29, 1.82) is 0 Å². The summed E-state index contributed by atoms with van der Waals surface area (Å²) in [6.45, 7) is 2.68. The van der Waals surface area contributed by atoms with Gasteiger partial charge >= 0.3 is 0 Å². The number of hydrogen-bond donors (Lipinski definition) is 3. The predicted octanol–water partition coefficient (Wildman–Crippen LogP) is 3.96. The maximum absolute atomic E-state index is 13.0. The number of carbonyl (C=O) groups excluding carboxylic acids is 1. The number of benzene rings is 1. The maximum atomic E-state index is 13.0. The van der Waals surface area contributed by atoms with Gasteiger partial charge in [-0.05, 0) is 55.5 Å². The number of hydrogen-bond acceptors (Lipinski definition) is 5. The van der Waals surface area contributed by atoms with Crippen molar-refractivity contribution in [1.82, 2.24) is 4.98 Å². The lowest BCUT2D eigenvalue weighted by Crippen LogP contribution is -2.35. The molecule has 0 saturated carbocycles. The van der Waals surface area contributed by atoms with E-state index in [1.165, 1.54) is 0 Å². The molecule has 3 N–H and O–H groups in total. The van der Waals surface area contributed by atoms with Gasteiger partial charge in [-0.15, -0.1) is 0 Å². The number of fused-ring (bicyclic) bond motifs is 6. The van der Waals surface area contributed by atoms with Crippen LogP contribution in [-0.2, 0) is 0 Å². The largest absolute Gasteiger partial charge is 0.388 e. The minimum atomic E-state index is -0.128. The van der Waals surface area contributed by atoms with Crippen LogP contribution in [0.25, 0.3) is 0 Å². The summed E-state index contributed by atoms with van der Waals surface area (Å²) in [6.07, 6.45) is 7.83. The molecule has 1 amide bonds. The summed E-state index contributed by atoms with van der Waals surface area (Å²) in [6, 6.07) is 11.5. The van der Waals surface area contributed by atoms with Gasteiger partial charge in [-0.25, -0.2) is 4.98 Å². The van der Waals surface area contributed by atoms with Gasteiger partial charge in [-0.2, -0.15) is 0 Å². The Morgan fingerprint density at radius 1 is 1.11 bits per heavy atom. The van der Waals surface area contributed by atoms with Crippen LogP contribution >= 0.6 is 0 Å². The smallest absolute Gasteiger partial charge is 0.258 e. The number of aromatic nitrogens is 1. The van der Waals surface area contributed by atoms with Gasteiger partial charge in [-0.3, -0.25) is 4.79 Å². The lowest BCUT2D eigenvalue weighted by Gasteiger charge is -2.34. The van der Waals surface area contributed by atoms with E-state index in [-0.39, 0.29) is 5.91 Å². The standard InChI is InChI=1S/C22H27N5O/c1-23-17-8-9-18-19(15-17)27-13-10-16(11-14-27)5-2-3-12-24-20-6-4-7-21(25-20)26-22(18)28/h2-4,6-9,15-16,23H,5,10-14H2,1H3,(H2,24,25,26,28)/b3-2+. The molecular weight excluding hydrogens is 350 g/mol. The van der Waals surface area contributed by atoms with Gasteiger partial charge < -0.3 is 20.9 Å². The molecule has 0 radical (unpaired) electrons. The molecule has 1 aromatic carbocycles. The van der Waals surface area contributed by atoms with Crippen LogP contribution in [0.5, 0.6) is 0 Å². The van der Waals surface area contributed by atoms with E-state index in [4.69, 9.17) is 0 Å². The van der Waals surface area contributed by atoms with Gasteiger partial charge in [0.2, 0.25) is 0 Å². The zero-order valence-electron chi connectivity index (χ0n) is 16.2. The number of pyridine rings is 1. The van der Waals surface area contributed by atoms with Crippen LogP contribution in [0, 0.1) is 5.92 Å². The monoisotopic (exact) mass is 377 g/mol. The van der Waals surface area contributed by atoms with Gasteiger partial charge in [0, 0.05) is 32.4 Å². The second-order valence-corrected chi connectivity index (χ2v) is 7.36. The fourth-order valence-corrected chi connectivity index (χ4v) is 3.87. The van der Waals surface area contributed by atoms with Crippen LogP contribution in [0.15, 0.2) is 48.6 Å². The fraction of sp³-hybridized carbons (Fsp3) is 0.364. The Balaban J connectivity index is 1.70. The molecule has 4 heterocycles. The number of allylic oxidation sites excluding steroid dienone is 1. The van der Waals surface area contributed by atoms with Gasteiger partial charge in [0.1, 0.15) is 11.6 Å². The number of carbonyl (C=O) groups is 1. The first-order valence-corrected chi connectivity index (χ1v) is 9.97. The highest BCUT2D eigenvalue weighted by molar-refractivity contribution is 6.08. The molecular formula is C22H27N5O. The summed E-state index contributed by atoms with van der Waals surface area (Å²) in [4.78, 5) is 19.9. The minimum Gasteiger partial charge on any atom is -0.388 e. The Bertz CT molecular complexity index is 871. The Kier molecular flexibility index (Phi) is 5.46. The molecule has 1 saturated heterocycles. The summed E-state index contributed by atoms with van der Waals surface area (Å²) in [5.74, 6) is 1.88. The van der Waals surface area contributed by atoms with Crippen molar-refractivity contribution in [2.75, 3.05) is 47.5 Å². The van der Waals surface area contributed by atoms with Gasteiger partial charge in [0.05, 0.1) is 11.3 Å². The number of nitrogens with one attached hydrogen (secondary N) is 3. The van der Waals surface area contributed by atoms with E-state index < -0.39 is 0 Å². The van der Waals surface area contributed by atoms with Crippen molar-refractivity contribution < 1.29 is 4.79 Å². The summed E-state index contributed by atoms with van der Waals surface area (Å²) >= 11 is 0. The van der Waals surface area contributed by atoms with E-state index in [1.807, 2.05) is 37.4 Å².